The van der Waals surface area contributed by atoms with Gasteiger partial charge in [0.1, 0.15) is 5.00 Å². The van der Waals surface area contributed by atoms with Gasteiger partial charge in [0.2, 0.25) is 0 Å². The van der Waals surface area contributed by atoms with Crippen LogP contribution in [-0.2, 0) is 27.6 Å². The molecule has 0 saturated heterocycles. The molecule has 0 fully saturated rings. The number of fused-ring (bicyclic) bond motifs is 1. The van der Waals surface area contributed by atoms with Gasteiger partial charge in [-0.05, 0) is 50.3 Å². The second-order valence-corrected chi connectivity index (χ2v) is 8.61. The number of nitrogens with one attached hydrogen (secondary N) is 1. The molecule has 3 rings (SSSR count). The van der Waals surface area contributed by atoms with Crippen LogP contribution in [0.2, 0.25) is 0 Å². The summed E-state index contributed by atoms with van der Waals surface area (Å²) in [6, 6.07) is 6.61. The Bertz CT molecular complexity index is 867. The van der Waals surface area contributed by atoms with Crippen molar-refractivity contribution in [2.75, 3.05) is 11.8 Å². The summed E-state index contributed by atoms with van der Waals surface area (Å²) in [6.45, 7) is 1.90. The molecule has 24 heavy (non-hydrogen) atoms. The number of aryl methyl sites for hydroxylation is 2. The Labute approximate surface area is 145 Å². The van der Waals surface area contributed by atoms with Crippen molar-refractivity contribution in [2.45, 2.75) is 37.5 Å². The fraction of sp³-hybridized carbons (Fsp3) is 0.353. The number of ether oxygens (including phenoxy) is 1. The van der Waals surface area contributed by atoms with Crippen LogP contribution in [0, 0.1) is 6.92 Å². The first kappa shape index (κ1) is 17.0. The first-order valence-corrected chi connectivity index (χ1v) is 10.0. The van der Waals surface area contributed by atoms with Crippen LogP contribution in [0.3, 0.4) is 0 Å². The van der Waals surface area contributed by atoms with E-state index in [0.717, 1.165) is 41.7 Å². The Morgan fingerprint density at radius 2 is 1.83 bits per heavy atom. The zero-order chi connectivity index (χ0) is 17.3. The van der Waals surface area contributed by atoms with Gasteiger partial charge in [-0.2, -0.15) is 0 Å². The third-order valence-electron chi connectivity index (χ3n) is 4.12. The second kappa shape index (κ2) is 6.57. The number of carbonyl (C=O) groups is 1. The van der Waals surface area contributed by atoms with E-state index in [0.29, 0.717) is 10.6 Å². The van der Waals surface area contributed by atoms with E-state index in [2.05, 4.69) is 4.72 Å². The van der Waals surface area contributed by atoms with Crippen molar-refractivity contribution < 1.29 is 17.9 Å². The summed E-state index contributed by atoms with van der Waals surface area (Å²) in [5.41, 5.74) is 2.28. The van der Waals surface area contributed by atoms with Gasteiger partial charge < -0.3 is 4.74 Å². The molecule has 0 aliphatic heterocycles. The number of anilines is 1. The average molecular weight is 365 g/mol. The predicted octanol–water partition coefficient (Wildman–Crippen LogP) is 3.52. The normalized spacial score (nSPS) is 14.1. The predicted molar refractivity (Wildman–Crippen MR) is 94.3 cm³/mol. The molecular weight excluding hydrogens is 346 g/mol. The van der Waals surface area contributed by atoms with Crippen LogP contribution in [0.25, 0.3) is 0 Å². The van der Waals surface area contributed by atoms with Gasteiger partial charge in [-0.15, -0.1) is 11.3 Å². The molecule has 0 amide bonds. The molecule has 2 aromatic rings. The fourth-order valence-corrected chi connectivity index (χ4v) is 5.44. The van der Waals surface area contributed by atoms with E-state index in [9.17, 15) is 13.2 Å². The topological polar surface area (TPSA) is 72.5 Å². The standard InChI is InChI=1S/C17H19NO4S2/c1-11-7-9-12(10-8-11)24(20,21)18-16-15(17(19)22-2)13-5-3-4-6-14(13)23-16/h7-10,18H,3-6H2,1-2H3. The molecule has 0 unspecified atom stereocenters. The highest BCUT2D eigenvalue weighted by atomic mass is 32.2. The zero-order valence-corrected chi connectivity index (χ0v) is 15.2. The van der Waals surface area contributed by atoms with Crippen molar-refractivity contribution in [3.63, 3.8) is 0 Å². The molecule has 0 bridgehead atoms. The third kappa shape index (κ3) is 3.18. The Morgan fingerprint density at radius 1 is 1.17 bits per heavy atom. The lowest BCUT2D eigenvalue weighted by Crippen LogP contribution is -2.15. The van der Waals surface area contributed by atoms with E-state index in [4.69, 9.17) is 4.74 Å². The second-order valence-electron chi connectivity index (χ2n) is 5.83. The molecule has 1 heterocycles. The number of hydrogen-bond donors (Lipinski definition) is 1. The van der Waals surface area contributed by atoms with Crippen molar-refractivity contribution >= 4 is 32.3 Å². The van der Waals surface area contributed by atoms with Crippen LogP contribution in [0.4, 0.5) is 5.00 Å². The smallest absolute Gasteiger partial charge is 0.341 e. The van der Waals surface area contributed by atoms with Crippen molar-refractivity contribution in [3.05, 3.63) is 45.8 Å². The summed E-state index contributed by atoms with van der Waals surface area (Å²) < 4.78 is 32.7. The van der Waals surface area contributed by atoms with Crippen molar-refractivity contribution in [1.82, 2.24) is 0 Å². The Balaban J connectivity index is 2.01. The lowest BCUT2D eigenvalue weighted by Gasteiger charge is -2.12. The van der Waals surface area contributed by atoms with Crippen LogP contribution in [-0.4, -0.2) is 21.5 Å². The van der Waals surface area contributed by atoms with E-state index in [-0.39, 0.29) is 4.90 Å². The van der Waals surface area contributed by atoms with E-state index in [1.165, 1.54) is 18.4 Å². The first-order chi connectivity index (χ1) is 11.4. The molecule has 1 aliphatic rings. The highest BCUT2D eigenvalue weighted by molar-refractivity contribution is 7.93. The molecule has 0 atom stereocenters. The monoisotopic (exact) mass is 365 g/mol. The van der Waals surface area contributed by atoms with Gasteiger partial charge in [0.05, 0.1) is 17.6 Å². The Hall–Kier alpha value is -1.86. The van der Waals surface area contributed by atoms with Gasteiger partial charge in [-0.1, -0.05) is 17.7 Å². The number of benzene rings is 1. The highest BCUT2D eigenvalue weighted by Crippen LogP contribution is 2.39. The molecule has 1 aromatic carbocycles. The summed E-state index contributed by atoms with van der Waals surface area (Å²) in [5.74, 6) is -0.490. The Morgan fingerprint density at radius 3 is 2.50 bits per heavy atom. The van der Waals surface area contributed by atoms with Gasteiger partial charge in [0, 0.05) is 4.88 Å². The van der Waals surface area contributed by atoms with Crippen LogP contribution < -0.4 is 4.72 Å². The molecule has 0 radical (unpaired) electrons. The van der Waals surface area contributed by atoms with E-state index in [1.807, 2.05) is 6.92 Å². The van der Waals surface area contributed by atoms with Crippen LogP contribution in [0.15, 0.2) is 29.2 Å². The maximum Gasteiger partial charge on any atom is 0.341 e. The zero-order valence-electron chi connectivity index (χ0n) is 13.6. The number of hydrogen-bond acceptors (Lipinski definition) is 5. The fourth-order valence-electron chi connectivity index (χ4n) is 2.85. The SMILES string of the molecule is COC(=O)c1c(NS(=O)(=O)c2ccc(C)cc2)sc2c1CCCC2. The van der Waals surface area contributed by atoms with Crippen molar-refractivity contribution in [1.29, 1.82) is 0 Å². The minimum absolute atomic E-state index is 0.176. The van der Waals surface area contributed by atoms with Gasteiger partial charge >= 0.3 is 5.97 Å². The minimum Gasteiger partial charge on any atom is -0.465 e. The highest BCUT2D eigenvalue weighted by Gasteiger charge is 2.28. The van der Waals surface area contributed by atoms with E-state index < -0.39 is 16.0 Å². The van der Waals surface area contributed by atoms with Gasteiger partial charge in [-0.3, -0.25) is 4.72 Å². The average Bonchev–Trinajstić information content (AvgIpc) is 2.91. The lowest BCUT2D eigenvalue weighted by atomic mass is 9.95. The number of esters is 1. The Kier molecular flexibility index (Phi) is 4.64. The van der Waals surface area contributed by atoms with E-state index in [1.54, 1.807) is 24.3 Å². The number of rotatable bonds is 4. The third-order valence-corrected chi connectivity index (χ3v) is 6.82. The maximum absolute atomic E-state index is 12.6. The first-order valence-electron chi connectivity index (χ1n) is 7.74. The molecule has 0 spiro atoms. The maximum atomic E-state index is 12.6. The summed E-state index contributed by atoms with van der Waals surface area (Å²) in [7, 11) is -2.43. The van der Waals surface area contributed by atoms with Crippen LogP contribution in [0.1, 0.15) is 39.2 Å². The van der Waals surface area contributed by atoms with E-state index >= 15 is 0 Å². The molecule has 128 valence electrons. The molecule has 5 nitrogen and oxygen atoms in total. The lowest BCUT2D eigenvalue weighted by molar-refractivity contribution is 0.0601. The molecule has 1 N–H and O–H groups in total. The van der Waals surface area contributed by atoms with Crippen molar-refractivity contribution in [2.24, 2.45) is 0 Å². The number of carbonyl (C=O) groups excluding carboxylic acids is 1. The van der Waals surface area contributed by atoms with Crippen molar-refractivity contribution in [3.8, 4) is 0 Å². The largest absolute Gasteiger partial charge is 0.465 e. The molecule has 1 aromatic heterocycles. The molecule has 0 saturated carbocycles. The number of sulfonamides is 1. The van der Waals surface area contributed by atoms with Crippen LogP contribution in [0.5, 0.6) is 0 Å². The quantitative estimate of drug-likeness (QED) is 0.842. The van der Waals surface area contributed by atoms with Gasteiger partial charge in [-0.25, -0.2) is 13.2 Å². The molecular formula is C17H19NO4S2. The number of methoxy groups -OCH3 is 1. The number of thiophene rings is 1. The summed E-state index contributed by atoms with van der Waals surface area (Å²) >= 11 is 1.34. The van der Waals surface area contributed by atoms with Gasteiger partial charge in [0.25, 0.3) is 10.0 Å². The van der Waals surface area contributed by atoms with Gasteiger partial charge in [0.15, 0.2) is 0 Å². The summed E-state index contributed by atoms with van der Waals surface area (Å²) in [6.07, 6.45) is 3.70. The summed E-state index contributed by atoms with van der Waals surface area (Å²) in [4.78, 5) is 13.4. The summed E-state index contributed by atoms with van der Waals surface area (Å²) in [5, 5.41) is 0.356. The minimum atomic E-state index is -3.74. The molecule has 7 heteroatoms. The van der Waals surface area contributed by atoms with Crippen LogP contribution >= 0.6 is 11.3 Å². The molecule has 1 aliphatic carbocycles.